The van der Waals surface area contributed by atoms with E-state index >= 15 is 0 Å². The van der Waals surface area contributed by atoms with E-state index in [1.807, 2.05) is 51.1 Å². The molecule has 0 aliphatic carbocycles. The van der Waals surface area contributed by atoms with Crippen molar-refractivity contribution in [2.24, 2.45) is 5.92 Å². The minimum Gasteiger partial charge on any atom is -0.454 e. The molecule has 2 aromatic rings. The Bertz CT molecular complexity index is 978. The number of carbonyl (C=O) groups is 2. The van der Waals surface area contributed by atoms with Gasteiger partial charge in [-0.25, -0.2) is 4.79 Å². The van der Waals surface area contributed by atoms with Gasteiger partial charge in [0, 0.05) is 18.7 Å². The van der Waals surface area contributed by atoms with Crippen LogP contribution in [0.15, 0.2) is 48.5 Å². The second-order valence-electron chi connectivity index (χ2n) is 9.65. The van der Waals surface area contributed by atoms with E-state index in [-0.39, 0.29) is 24.8 Å². The van der Waals surface area contributed by atoms with Crippen LogP contribution in [0.1, 0.15) is 62.0 Å². The summed E-state index contributed by atoms with van der Waals surface area (Å²) in [4.78, 5) is 27.2. The van der Waals surface area contributed by atoms with E-state index in [9.17, 15) is 9.59 Å². The second kappa shape index (κ2) is 9.73. The molecule has 1 atom stereocenters. The summed E-state index contributed by atoms with van der Waals surface area (Å²) in [5, 5.41) is 3.21. The zero-order valence-corrected chi connectivity index (χ0v) is 19.5. The standard InChI is InChI=1S/C26H32N2O5/c1-26(2,3)33-25(30)28-13-11-18(12-14-28)15-21(19-7-5-4-6-8-19)27-24(29)20-9-10-22-23(16-20)32-17-31-22/h4-10,16,18,21H,11-15,17H2,1-3H3,(H,27,29). The monoisotopic (exact) mass is 452 g/mol. The van der Waals surface area contributed by atoms with Gasteiger partial charge in [0.05, 0.1) is 6.04 Å². The van der Waals surface area contributed by atoms with Crippen molar-refractivity contribution in [2.75, 3.05) is 19.9 Å². The van der Waals surface area contributed by atoms with Gasteiger partial charge < -0.3 is 24.4 Å². The molecule has 2 heterocycles. The molecule has 0 radical (unpaired) electrons. The van der Waals surface area contributed by atoms with Crippen LogP contribution in [0.5, 0.6) is 11.5 Å². The lowest BCUT2D eigenvalue weighted by Crippen LogP contribution is -2.42. The summed E-state index contributed by atoms with van der Waals surface area (Å²) < 4.78 is 16.3. The van der Waals surface area contributed by atoms with Gasteiger partial charge in [-0.1, -0.05) is 30.3 Å². The normalized spacial score (nSPS) is 16.9. The highest BCUT2D eigenvalue weighted by Gasteiger charge is 2.29. The van der Waals surface area contributed by atoms with Crippen LogP contribution in [0, 0.1) is 5.92 Å². The quantitative estimate of drug-likeness (QED) is 0.697. The fraction of sp³-hybridized carbons (Fsp3) is 0.462. The van der Waals surface area contributed by atoms with Crippen LogP contribution < -0.4 is 14.8 Å². The van der Waals surface area contributed by atoms with Gasteiger partial charge in [0.2, 0.25) is 6.79 Å². The van der Waals surface area contributed by atoms with E-state index in [2.05, 4.69) is 5.32 Å². The van der Waals surface area contributed by atoms with E-state index in [1.165, 1.54) is 0 Å². The molecule has 1 fully saturated rings. The summed E-state index contributed by atoms with van der Waals surface area (Å²) >= 11 is 0. The Morgan fingerprint density at radius 1 is 1.06 bits per heavy atom. The topological polar surface area (TPSA) is 77.1 Å². The minimum absolute atomic E-state index is 0.123. The number of piperidine rings is 1. The molecule has 7 heteroatoms. The van der Waals surface area contributed by atoms with E-state index in [1.54, 1.807) is 23.1 Å². The number of rotatable bonds is 5. The molecule has 2 aliphatic heterocycles. The molecular weight excluding hydrogens is 420 g/mol. The highest BCUT2D eigenvalue weighted by Crippen LogP contribution is 2.33. The Labute approximate surface area is 195 Å². The Hall–Kier alpha value is -3.22. The van der Waals surface area contributed by atoms with E-state index < -0.39 is 5.60 Å². The maximum absolute atomic E-state index is 13.1. The van der Waals surface area contributed by atoms with Crippen molar-refractivity contribution in [1.82, 2.24) is 10.2 Å². The maximum atomic E-state index is 13.1. The van der Waals surface area contributed by atoms with Crippen molar-refractivity contribution < 1.29 is 23.8 Å². The Morgan fingerprint density at radius 3 is 2.45 bits per heavy atom. The van der Waals surface area contributed by atoms with Gasteiger partial charge in [0.25, 0.3) is 5.91 Å². The summed E-state index contributed by atoms with van der Waals surface area (Å²) in [6.45, 7) is 7.14. The van der Waals surface area contributed by atoms with Crippen LogP contribution >= 0.6 is 0 Å². The number of ether oxygens (including phenoxy) is 3. The summed E-state index contributed by atoms with van der Waals surface area (Å²) in [6, 6.07) is 15.1. The van der Waals surface area contributed by atoms with Gasteiger partial charge in [-0.3, -0.25) is 4.79 Å². The highest BCUT2D eigenvalue weighted by atomic mass is 16.7. The fourth-order valence-corrected chi connectivity index (χ4v) is 4.25. The zero-order valence-electron chi connectivity index (χ0n) is 19.5. The average Bonchev–Trinajstić information content (AvgIpc) is 3.26. The van der Waals surface area contributed by atoms with Gasteiger partial charge in [-0.2, -0.15) is 0 Å². The second-order valence-corrected chi connectivity index (χ2v) is 9.65. The van der Waals surface area contributed by atoms with E-state index in [0.717, 1.165) is 24.8 Å². The lowest BCUT2D eigenvalue weighted by Gasteiger charge is -2.35. The van der Waals surface area contributed by atoms with Crippen LogP contribution in [0.25, 0.3) is 0 Å². The first kappa shape index (κ1) is 23.0. The number of nitrogens with one attached hydrogen (secondary N) is 1. The maximum Gasteiger partial charge on any atom is 0.410 e. The van der Waals surface area contributed by atoms with Crippen LogP contribution in [0.4, 0.5) is 4.79 Å². The lowest BCUT2D eigenvalue weighted by atomic mass is 9.87. The Kier molecular flexibility index (Phi) is 6.77. The Morgan fingerprint density at radius 2 is 1.76 bits per heavy atom. The van der Waals surface area contributed by atoms with Crippen molar-refractivity contribution in [1.29, 1.82) is 0 Å². The van der Waals surface area contributed by atoms with Crippen molar-refractivity contribution >= 4 is 12.0 Å². The van der Waals surface area contributed by atoms with Crippen LogP contribution in [-0.4, -0.2) is 42.4 Å². The summed E-state index contributed by atoms with van der Waals surface area (Å²) in [6.07, 6.45) is 2.31. The minimum atomic E-state index is -0.495. The first-order chi connectivity index (χ1) is 15.8. The number of carbonyl (C=O) groups excluding carboxylic acids is 2. The van der Waals surface area contributed by atoms with Crippen molar-refractivity contribution in [3.8, 4) is 11.5 Å². The molecule has 7 nitrogen and oxygen atoms in total. The molecule has 33 heavy (non-hydrogen) atoms. The predicted molar refractivity (Wildman–Crippen MR) is 124 cm³/mol. The number of hydrogen-bond donors (Lipinski definition) is 1. The van der Waals surface area contributed by atoms with Gasteiger partial charge >= 0.3 is 6.09 Å². The lowest BCUT2D eigenvalue weighted by molar-refractivity contribution is 0.0178. The van der Waals surface area contributed by atoms with Crippen molar-refractivity contribution in [3.05, 3.63) is 59.7 Å². The van der Waals surface area contributed by atoms with Gasteiger partial charge in [-0.05, 0) is 69.7 Å². The molecule has 2 amide bonds. The summed E-state index contributed by atoms with van der Waals surface area (Å²) in [7, 11) is 0. The van der Waals surface area contributed by atoms with Gasteiger partial charge in [0.15, 0.2) is 11.5 Å². The Balaban J connectivity index is 1.40. The molecule has 0 spiro atoms. The molecule has 2 aliphatic rings. The third-order valence-electron chi connectivity index (χ3n) is 5.98. The van der Waals surface area contributed by atoms with E-state index in [4.69, 9.17) is 14.2 Å². The van der Waals surface area contributed by atoms with Gasteiger partial charge in [-0.15, -0.1) is 0 Å². The van der Waals surface area contributed by atoms with Crippen molar-refractivity contribution in [3.63, 3.8) is 0 Å². The van der Waals surface area contributed by atoms with Crippen molar-refractivity contribution in [2.45, 2.75) is 51.7 Å². The number of amides is 2. The van der Waals surface area contributed by atoms with Crippen LogP contribution in [-0.2, 0) is 4.74 Å². The first-order valence-corrected chi connectivity index (χ1v) is 11.5. The number of nitrogens with zero attached hydrogens (tertiary/aromatic N) is 1. The number of likely N-dealkylation sites (tertiary alicyclic amines) is 1. The molecule has 0 aromatic heterocycles. The highest BCUT2D eigenvalue weighted by molar-refractivity contribution is 5.95. The third kappa shape index (κ3) is 5.97. The summed E-state index contributed by atoms with van der Waals surface area (Å²) in [5.41, 5.74) is 1.12. The smallest absolute Gasteiger partial charge is 0.410 e. The van der Waals surface area contributed by atoms with E-state index in [0.29, 0.717) is 36.1 Å². The zero-order chi connectivity index (χ0) is 23.4. The predicted octanol–water partition coefficient (Wildman–Crippen LogP) is 4.92. The molecule has 4 rings (SSSR count). The van der Waals surface area contributed by atoms with Crippen LogP contribution in [0.3, 0.4) is 0 Å². The largest absolute Gasteiger partial charge is 0.454 e. The number of hydrogen-bond acceptors (Lipinski definition) is 5. The first-order valence-electron chi connectivity index (χ1n) is 11.5. The molecule has 176 valence electrons. The summed E-state index contributed by atoms with van der Waals surface area (Å²) in [5.74, 6) is 1.50. The third-order valence-corrected chi connectivity index (χ3v) is 5.98. The number of fused-ring (bicyclic) bond motifs is 1. The average molecular weight is 453 g/mol. The SMILES string of the molecule is CC(C)(C)OC(=O)N1CCC(CC(NC(=O)c2ccc3c(c2)OCO3)c2ccccc2)CC1. The molecule has 2 aromatic carbocycles. The van der Waals surface area contributed by atoms with Gasteiger partial charge in [0.1, 0.15) is 5.60 Å². The molecule has 1 saturated heterocycles. The molecule has 1 unspecified atom stereocenters. The molecular formula is C26H32N2O5. The molecule has 1 N–H and O–H groups in total. The van der Waals surface area contributed by atoms with Crippen LogP contribution in [0.2, 0.25) is 0 Å². The fourth-order valence-electron chi connectivity index (χ4n) is 4.25. The molecule has 0 saturated carbocycles. The molecule has 0 bridgehead atoms. The number of benzene rings is 2.